The number of para-hydroxylation sites is 2. The molecule has 7 nitrogen and oxygen atoms in total. The van der Waals surface area contributed by atoms with Gasteiger partial charge in [0.15, 0.2) is 17.6 Å². The second-order valence-electron chi connectivity index (χ2n) is 6.90. The maximum atomic E-state index is 13.4. The monoisotopic (exact) mass is 412 g/mol. The Bertz CT molecular complexity index is 899. The maximum Gasteiger partial charge on any atom is 0.262 e. The molecule has 0 bridgehead atoms. The summed E-state index contributed by atoms with van der Waals surface area (Å²) < 4.78 is 17.3. The highest BCUT2D eigenvalue weighted by atomic mass is 16.5. The molecule has 1 N–H and O–H groups in total. The van der Waals surface area contributed by atoms with Gasteiger partial charge in [0.2, 0.25) is 0 Å². The largest absolute Gasteiger partial charge is 0.490 e. The second kappa shape index (κ2) is 10.0. The van der Waals surface area contributed by atoms with E-state index in [0.29, 0.717) is 41.7 Å². The van der Waals surface area contributed by atoms with Gasteiger partial charge in [-0.25, -0.2) is 0 Å². The summed E-state index contributed by atoms with van der Waals surface area (Å²) in [5.74, 6) is 1.13. The van der Waals surface area contributed by atoms with E-state index >= 15 is 0 Å². The van der Waals surface area contributed by atoms with E-state index in [2.05, 4.69) is 12.2 Å². The van der Waals surface area contributed by atoms with E-state index in [-0.39, 0.29) is 18.4 Å². The Balaban J connectivity index is 1.90. The Hall–Kier alpha value is -3.22. The van der Waals surface area contributed by atoms with Gasteiger partial charge in [0.25, 0.3) is 11.8 Å². The molecule has 0 aliphatic carbocycles. The van der Waals surface area contributed by atoms with E-state index in [4.69, 9.17) is 14.2 Å². The van der Waals surface area contributed by atoms with Crippen molar-refractivity contribution < 1.29 is 23.8 Å². The van der Waals surface area contributed by atoms with Gasteiger partial charge in [0, 0.05) is 12.6 Å². The van der Waals surface area contributed by atoms with Crippen LogP contribution in [0.3, 0.4) is 0 Å². The fourth-order valence-electron chi connectivity index (χ4n) is 3.24. The van der Waals surface area contributed by atoms with Crippen LogP contribution in [0.5, 0.6) is 17.2 Å². The van der Waals surface area contributed by atoms with Gasteiger partial charge in [-0.05, 0) is 43.7 Å². The molecule has 30 heavy (non-hydrogen) atoms. The summed E-state index contributed by atoms with van der Waals surface area (Å²) in [6, 6.07) is 12.4. The number of carbonyl (C=O) groups is 2. The number of rotatable bonds is 8. The fourth-order valence-corrected chi connectivity index (χ4v) is 3.24. The molecule has 2 aromatic rings. The van der Waals surface area contributed by atoms with Crippen LogP contribution in [0.1, 0.15) is 37.0 Å². The first kappa shape index (κ1) is 21.5. The van der Waals surface area contributed by atoms with Gasteiger partial charge in [-0.15, -0.1) is 0 Å². The third-order valence-electron chi connectivity index (χ3n) is 4.80. The van der Waals surface area contributed by atoms with Crippen LogP contribution >= 0.6 is 0 Å². The van der Waals surface area contributed by atoms with E-state index in [1.165, 1.54) is 0 Å². The van der Waals surface area contributed by atoms with Crippen molar-refractivity contribution in [3.8, 4) is 17.2 Å². The summed E-state index contributed by atoms with van der Waals surface area (Å²) in [6.07, 6.45) is 1.19. The molecule has 2 amide bonds. The van der Waals surface area contributed by atoms with Crippen LogP contribution in [0.15, 0.2) is 42.5 Å². The smallest absolute Gasteiger partial charge is 0.262 e. The molecule has 0 spiro atoms. The Morgan fingerprint density at radius 1 is 1.13 bits per heavy atom. The van der Waals surface area contributed by atoms with E-state index < -0.39 is 6.10 Å². The number of amides is 2. The molecule has 0 radical (unpaired) electrons. The molecule has 3 rings (SSSR count). The van der Waals surface area contributed by atoms with Crippen molar-refractivity contribution in [1.82, 2.24) is 5.32 Å². The molecule has 0 unspecified atom stereocenters. The SMILES string of the molecule is CCCCOc1ccc(C(=O)N2C[C@H](C(=O)NC)Oc3ccccc32)cc1OCC. The molecule has 2 aromatic carbocycles. The summed E-state index contributed by atoms with van der Waals surface area (Å²) in [5, 5.41) is 2.58. The van der Waals surface area contributed by atoms with Crippen molar-refractivity contribution in [3.63, 3.8) is 0 Å². The number of fused-ring (bicyclic) bond motifs is 1. The normalized spacial score (nSPS) is 15.0. The standard InChI is InChI=1S/C23H28N2O5/c1-4-6-13-29-19-12-11-16(14-20(19)28-5-2)23(27)25-15-21(22(26)24-3)30-18-10-8-7-9-17(18)25/h7-12,14,21H,4-6,13,15H2,1-3H3,(H,24,26)/t21-/m1/s1. The molecular formula is C23H28N2O5. The molecule has 0 fully saturated rings. The van der Waals surface area contributed by atoms with Crippen LogP contribution in [0.2, 0.25) is 0 Å². The molecule has 1 atom stereocenters. The number of likely N-dealkylation sites (N-methyl/N-ethyl adjacent to an activating group) is 1. The molecule has 0 saturated carbocycles. The van der Waals surface area contributed by atoms with Crippen molar-refractivity contribution >= 4 is 17.5 Å². The predicted octanol–water partition coefficient (Wildman–Crippen LogP) is 3.42. The van der Waals surface area contributed by atoms with Gasteiger partial charge in [0.1, 0.15) is 5.75 Å². The predicted molar refractivity (Wildman–Crippen MR) is 115 cm³/mol. The van der Waals surface area contributed by atoms with E-state index in [9.17, 15) is 9.59 Å². The highest BCUT2D eigenvalue weighted by molar-refractivity contribution is 6.08. The zero-order valence-electron chi connectivity index (χ0n) is 17.6. The molecule has 1 aliphatic rings. The average Bonchev–Trinajstić information content (AvgIpc) is 2.78. The Morgan fingerprint density at radius 2 is 1.93 bits per heavy atom. The van der Waals surface area contributed by atoms with E-state index in [1.807, 2.05) is 19.1 Å². The summed E-state index contributed by atoms with van der Waals surface area (Å²) in [4.78, 5) is 27.1. The highest BCUT2D eigenvalue weighted by Gasteiger charge is 2.34. The molecule has 0 saturated heterocycles. The van der Waals surface area contributed by atoms with Crippen LogP contribution < -0.4 is 24.4 Å². The number of benzene rings is 2. The lowest BCUT2D eigenvalue weighted by atomic mass is 10.1. The van der Waals surface area contributed by atoms with Crippen molar-refractivity contribution in [2.45, 2.75) is 32.8 Å². The Labute approximate surface area is 176 Å². The number of nitrogens with zero attached hydrogens (tertiary/aromatic N) is 1. The minimum absolute atomic E-state index is 0.119. The van der Waals surface area contributed by atoms with Crippen LogP contribution in [0, 0.1) is 0 Å². The number of carbonyl (C=O) groups excluding carboxylic acids is 2. The van der Waals surface area contributed by atoms with Gasteiger partial charge in [-0.3, -0.25) is 9.59 Å². The average molecular weight is 412 g/mol. The first-order valence-corrected chi connectivity index (χ1v) is 10.3. The van der Waals surface area contributed by atoms with Crippen molar-refractivity contribution in [2.24, 2.45) is 0 Å². The molecule has 0 aromatic heterocycles. The molecule has 7 heteroatoms. The Kier molecular flexibility index (Phi) is 7.17. The lowest BCUT2D eigenvalue weighted by Crippen LogP contribution is -2.50. The number of unbranched alkanes of at least 4 members (excludes halogenated alkanes) is 1. The lowest BCUT2D eigenvalue weighted by Gasteiger charge is -2.34. The van der Waals surface area contributed by atoms with Crippen LogP contribution in [-0.4, -0.2) is 44.7 Å². The zero-order valence-corrected chi connectivity index (χ0v) is 17.6. The number of hydrogen-bond acceptors (Lipinski definition) is 5. The minimum atomic E-state index is -0.781. The maximum absolute atomic E-state index is 13.4. The van der Waals surface area contributed by atoms with Gasteiger partial charge in [-0.1, -0.05) is 25.5 Å². The van der Waals surface area contributed by atoms with Gasteiger partial charge in [0.05, 0.1) is 25.4 Å². The first-order valence-electron chi connectivity index (χ1n) is 10.3. The number of hydrogen-bond donors (Lipinski definition) is 1. The highest BCUT2D eigenvalue weighted by Crippen LogP contribution is 2.35. The van der Waals surface area contributed by atoms with E-state index in [0.717, 1.165) is 12.8 Å². The second-order valence-corrected chi connectivity index (χ2v) is 6.90. The molecular weight excluding hydrogens is 384 g/mol. The third-order valence-corrected chi connectivity index (χ3v) is 4.80. The van der Waals surface area contributed by atoms with Gasteiger partial charge in [-0.2, -0.15) is 0 Å². The molecule has 1 aliphatic heterocycles. The van der Waals surface area contributed by atoms with Crippen LogP contribution in [0.4, 0.5) is 5.69 Å². The first-order chi connectivity index (χ1) is 14.6. The Morgan fingerprint density at radius 3 is 2.67 bits per heavy atom. The third kappa shape index (κ3) is 4.67. The van der Waals surface area contributed by atoms with Gasteiger partial charge < -0.3 is 24.4 Å². The lowest BCUT2D eigenvalue weighted by molar-refractivity contribution is -0.127. The molecule has 160 valence electrons. The van der Waals surface area contributed by atoms with Crippen molar-refractivity contribution in [1.29, 1.82) is 0 Å². The summed E-state index contributed by atoms with van der Waals surface area (Å²) >= 11 is 0. The van der Waals surface area contributed by atoms with Gasteiger partial charge >= 0.3 is 0 Å². The number of nitrogens with one attached hydrogen (secondary N) is 1. The van der Waals surface area contributed by atoms with Crippen molar-refractivity contribution in [3.05, 3.63) is 48.0 Å². The number of ether oxygens (including phenoxy) is 3. The van der Waals surface area contributed by atoms with Crippen LogP contribution in [-0.2, 0) is 4.79 Å². The summed E-state index contributed by atoms with van der Waals surface area (Å²) in [6.45, 7) is 5.15. The summed E-state index contributed by atoms with van der Waals surface area (Å²) in [5.41, 5.74) is 1.08. The van der Waals surface area contributed by atoms with E-state index in [1.54, 1.807) is 42.3 Å². The molecule has 1 heterocycles. The number of anilines is 1. The minimum Gasteiger partial charge on any atom is -0.490 e. The zero-order chi connectivity index (χ0) is 21.5. The topological polar surface area (TPSA) is 77.1 Å². The quantitative estimate of drug-likeness (QED) is 0.673. The fraction of sp³-hybridized carbons (Fsp3) is 0.391. The van der Waals surface area contributed by atoms with Crippen LogP contribution in [0.25, 0.3) is 0 Å². The van der Waals surface area contributed by atoms with Crippen molar-refractivity contribution in [2.75, 3.05) is 31.7 Å². The summed E-state index contributed by atoms with van der Waals surface area (Å²) in [7, 11) is 1.55.